The lowest BCUT2D eigenvalue weighted by molar-refractivity contribution is -0.137. The number of carbonyl (C=O) groups is 1. The number of rotatable bonds is 8. The van der Waals surface area contributed by atoms with E-state index in [0.29, 0.717) is 6.07 Å². The number of alkyl halides is 3. The molecule has 1 rings (SSSR count). The summed E-state index contributed by atoms with van der Waals surface area (Å²) in [5.41, 5.74) is -1.13. The Kier molecular flexibility index (Phi) is 6.97. The maximum absolute atomic E-state index is 12.6. The highest BCUT2D eigenvalue weighted by molar-refractivity contribution is 7.91. The minimum atomic E-state index is -4.70. The van der Waals surface area contributed by atoms with Crippen LogP contribution in [0.3, 0.4) is 0 Å². The third-order valence-electron chi connectivity index (χ3n) is 3.07. The van der Waals surface area contributed by atoms with Crippen molar-refractivity contribution in [3.63, 3.8) is 0 Å². The molecule has 0 atom stereocenters. The van der Waals surface area contributed by atoms with Crippen LogP contribution in [0.25, 0.3) is 0 Å². The molecule has 12 heteroatoms. The molecule has 0 bridgehead atoms. The SMILES string of the molecule is CCS(=O)(=O)CCNC(=O)CNS(=O)(=O)c1cccc(C(F)(F)F)c1. The quantitative estimate of drug-likeness (QED) is 0.659. The molecule has 0 saturated heterocycles. The molecule has 0 aliphatic heterocycles. The zero-order valence-corrected chi connectivity index (χ0v) is 14.8. The van der Waals surface area contributed by atoms with E-state index in [-0.39, 0.29) is 18.1 Å². The maximum atomic E-state index is 12.6. The molecule has 2 N–H and O–H groups in total. The number of hydrogen-bond donors (Lipinski definition) is 2. The van der Waals surface area contributed by atoms with Gasteiger partial charge in [-0.1, -0.05) is 13.0 Å². The van der Waals surface area contributed by atoms with E-state index in [1.54, 1.807) is 0 Å². The van der Waals surface area contributed by atoms with Gasteiger partial charge in [-0.05, 0) is 18.2 Å². The molecule has 0 radical (unpaired) electrons. The minimum Gasteiger partial charge on any atom is -0.354 e. The van der Waals surface area contributed by atoms with Crippen molar-refractivity contribution < 1.29 is 34.8 Å². The first-order valence-electron chi connectivity index (χ1n) is 7.01. The van der Waals surface area contributed by atoms with Crippen molar-refractivity contribution >= 4 is 25.8 Å². The van der Waals surface area contributed by atoms with Crippen molar-refractivity contribution in [2.24, 2.45) is 0 Å². The topological polar surface area (TPSA) is 109 Å². The number of hydrogen-bond acceptors (Lipinski definition) is 5. The van der Waals surface area contributed by atoms with Crippen molar-refractivity contribution in [1.29, 1.82) is 0 Å². The van der Waals surface area contributed by atoms with Gasteiger partial charge in [-0.3, -0.25) is 4.79 Å². The van der Waals surface area contributed by atoms with Crippen LogP contribution in [0.15, 0.2) is 29.2 Å². The second kappa shape index (κ2) is 8.15. The second-order valence-electron chi connectivity index (χ2n) is 4.94. The first-order valence-corrected chi connectivity index (χ1v) is 10.3. The number of benzene rings is 1. The first kappa shape index (κ1) is 21.4. The van der Waals surface area contributed by atoms with Gasteiger partial charge in [0.15, 0.2) is 9.84 Å². The van der Waals surface area contributed by atoms with Gasteiger partial charge >= 0.3 is 6.18 Å². The number of carbonyl (C=O) groups excluding carboxylic acids is 1. The van der Waals surface area contributed by atoms with Gasteiger partial charge in [0.2, 0.25) is 15.9 Å². The summed E-state index contributed by atoms with van der Waals surface area (Å²) in [6.07, 6.45) is -4.70. The van der Waals surface area contributed by atoms with Crippen molar-refractivity contribution in [3.05, 3.63) is 29.8 Å². The lowest BCUT2D eigenvalue weighted by atomic mass is 10.2. The third kappa shape index (κ3) is 7.00. The summed E-state index contributed by atoms with van der Waals surface area (Å²) in [6, 6.07) is 3.07. The highest BCUT2D eigenvalue weighted by Crippen LogP contribution is 2.30. The molecule has 1 aromatic carbocycles. The predicted octanol–water partition coefficient (Wildman–Crippen LogP) is 0.535. The Labute approximate surface area is 143 Å². The molecule has 0 saturated carbocycles. The van der Waals surface area contributed by atoms with E-state index in [9.17, 15) is 34.8 Å². The van der Waals surface area contributed by atoms with Gasteiger partial charge in [-0.25, -0.2) is 21.6 Å². The van der Waals surface area contributed by atoms with Crippen LogP contribution in [0.2, 0.25) is 0 Å². The zero-order valence-electron chi connectivity index (χ0n) is 13.1. The number of nitrogens with one attached hydrogen (secondary N) is 2. The Balaban J connectivity index is 2.66. The summed E-state index contributed by atoms with van der Waals surface area (Å²) in [5, 5.41) is 2.21. The molecule has 0 fully saturated rings. The van der Waals surface area contributed by atoms with Gasteiger partial charge in [0.05, 0.1) is 22.8 Å². The molecule has 0 unspecified atom stereocenters. The molecule has 0 aliphatic rings. The summed E-state index contributed by atoms with van der Waals surface area (Å²) in [5.74, 6) is -1.19. The van der Waals surface area contributed by atoms with Gasteiger partial charge in [-0.15, -0.1) is 0 Å². The number of halogens is 3. The highest BCUT2D eigenvalue weighted by atomic mass is 32.2. The Morgan fingerprint density at radius 3 is 2.36 bits per heavy atom. The second-order valence-corrected chi connectivity index (χ2v) is 9.18. The average Bonchev–Trinajstić information content (AvgIpc) is 2.52. The van der Waals surface area contributed by atoms with E-state index in [2.05, 4.69) is 5.32 Å². The van der Waals surface area contributed by atoms with Crippen LogP contribution in [0, 0.1) is 0 Å². The van der Waals surface area contributed by atoms with E-state index in [1.807, 2.05) is 4.72 Å². The Morgan fingerprint density at radius 1 is 1.16 bits per heavy atom. The van der Waals surface area contributed by atoms with Crippen molar-refractivity contribution in [3.8, 4) is 0 Å². The Hall–Kier alpha value is -1.66. The molecular formula is C13H17F3N2O5S2. The van der Waals surface area contributed by atoms with Gasteiger partial charge in [0, 0.05) is 12.3 Å². The molecule has 0 aromatic heterocycles. The van der Waals surface area contributed by atoms with Gasteiger partial charge in [0.1, 0.15) is 0 Å². The van der Waals surface area contributed by atoms with Crippen LogP contribution in [0.4, 0.5) is 13.2 Å². The highest BCUT2D eigenvalue weighted by Gasteiger charge is 2.31. The molecule has 142 valence electrons. The van der Waals surface area contributed by atoms with E-state index in [0.717, 1.165) is 18.2 Å². The predicted molar refractivity (Wildman–Crippen MR) is 84.0 cm³/mol. The summed E-state index contributed by atoms with van der Waals surface area (Å²) in [6.45, 7) is 0.519. The van der Waals surface area contributed by atoms with E-state index in [4.69, 9.17) is 0 Å². The van der Waals surface area contributed by atoms with Crippen LogP contribution in [0.1, 0.15) is 12.5 Å². The third-order valence-corrected chi connectivity index (χ3v) is 6.17. The van der Waals surface area contributed by atoms with E-state index >= 15 is 0 Å². The van der Waals surface area contributed by atoms with Crippen LogP contribution in [-0.4, -0.2) is 47.3 Å². The fourth-order valence-electron chi connectivity index (χ4n) is 1.64. The molecule has 0 aliphatic carbocycles. The van der Waals surface area contributed by atoms with Crippen molar-refractivity contribution in [2.45, 2.75) is 18.0 Å². The fourth-order valence-corrected chi connectivity index (χ4v) is 3.37. The van der Waals surface area contributed by atoms with Gasteiger partial charge in [0.25, 0.3) is 0 Å². The fraction of sp³-hybridized carbons (Fsp3) is 0.462. The number of amides is 1. The Bertz CT molecular complexity index is 820. The molecule has 25 heavy (non-hydrogen) atoms. The van der Waals surface area contributed by atoms with Crippen LogP contribution < -0.4 is 10.0 Å². The lowest BCUT2D eigenvalue weighted by Crippen LogP contribution is -2.38. The van der Waals surface area contributed by atoms with Crippen molar-refractivity contribution in [2.75, 3.05) is 24.6 Å². The molecule has 1 amide bonds. The van der Waals surface area contributed by atoms with E-state index < -0.39 is 48.9 Å². The van der Waals surface area contributed by atoms with Gasteiger partial charge < -0.3 is 5.32 Å². The zero-order chi connectivity index (χ0) is 19.3. The van der Waals surface area contributed by atoms with Crippen molar-refractivity contribution in [1.82, 2.24) is 10.0 Å². The van der Waals surface area contributed by atoms with E-state index in [1.165, 1.54) is 6.92 Å². The first-order chi connectivity index (χ1) is 11.4. The van der Waals surface area contributed by atoms with Gasteiger partial charge in [-0.2, -0.15) is 13.2 Å². The number of sulfonamides is 1. The molecule has 0 heterocycles. The number of sulfone groups is 1. The van der Waals surface area contributed by atoms with Crippen LogP contribution in [0.5, 0.6) is 0 Å². The molecule has 7 nitrogen and oxygen atoms in total. The maximum Gasteiger partial charge on any atom is 0.416 e. The minimum absolute atomic E-state index is 0.0922. The normalized spacial score (nSPS) is 12.8. The average molecular weight is 402 g/mol. The smallest absolute Gasteiger partial charge is 0.354 e. The standard InChI is InChI=1S/C13H17F3N2O5S2/c1-2-24(20,21)7-6-17-12(19)9-18-25(22,23)11-5-3-4-10(8-11)13(14,15)16/h3-5,8,18H,2,6-7,9H2,1H3,(H,17,19). The summed E-state index contributed by atoms with van der Waals surface area (Å²) < 4.78 is 86.0. The largest absolute Gasteiger partial charge is 0.416 e. The van der Waals surface area contributed by atoms with Crippen LogP contribution >= 0.6 is 0 Å². The summed E-state index contributed by atoms with van der Waals surface area (Å²) in [7, 11) is -7.61. The summed E-state index contributed by atoms with van der Waals surface area (Å²) >= 11 is 0. The monoisotopic (exact) mass is 402 g/mol. The lowest BCUT2D eigenvalue weighted by Gasteiger charge is -2.10. The molecular weight excluding hydrogens is 385 g/mol. The summed E-state index contributed by atoms with van der Waals surface area (Å²) in [4.78, 5) is 10.9. The van der Waals surface area contributed by atoms with Crippen LogP contribution in [-0.2, 0) is 30.8 Å². The molecule has 0 spiro atoms. The Morgan fingerprint density at radius 2 is 1.80 bits per heavy atom. The molecule has 1 aromatic rings.